The molecule has 0 aliphatic carbocycles. The molecule has 8 heteroatoms. The molecular weight excluding hydrogens is 397 g/mol. The van der Waals surface area contributed by atoms with E-state index in [-0.39, 0.29) is 42.5 Å². The van der Waals surface area contributed by atoms with Gasteiger partial charge in [-0.15, -0.1) is 0 Å². The number of carbonyl (C=O) groups is 3. The van der Waals surface area contributed by atoms with E-state index in [4.69, 9.17) is 14.9 Å². The van der Waals surface area contributed by atoms with Crippen LogP contribution < -0.4 is 29.6 Å². The molecule has 2 N–H and O–H groups in total. The summed E-state index contributed by atoms with van der Waals surface area (Å²) in [6.07, 6.45) is 16.8. The first-order chi connectivity index (χ1) is 14.0. The van der Waals surface area contributed by atoms with Crippen molar-refractivity contribution in [1.82, 2.24) is 4.90 Å². The summed E-state index contributed by atoms with van der Waals surface area (Å²) in [6.45, 7) is 1.66. The second-order valence-electron chi connectivity index (χ2n) is 7.68. The van der Waals surface area contributed by atoms with Crippen molar-refractivity contribution < 1.29 is 60.3 Å². The fourth-order valence-electron chi connectivity index (χ4n) is 3.23. The van der Waals surface area contributed by atoms with E-state index in [0.717, 1.165) is 12.8 Å². The molecule has 0 aromatic heterocycles. The number of carboxylic acid groups (broad SMARTS) is 2. The average molecular weight is 440 g/mol. The third-order valence-electron chi connectivity index (χ3n) is 5.01. The molecule has 0 radical (unpaired) electrons. The van der Waals surface area contributed by atoms with Gasteiger partial charge in [0.2, 0.25) is 0 Å². The Balaban J connectivity index is -0.00000392. The molecule has 0 atom stereocenters. The van der Waals surface area contributed by atoms with Crippen LogP contribution >= 0.6 is 0 Å². The van der Waals surface area contributed by atoms with Gasteiger partial charge in [-0.25, -0.2) is 14.5 Å². The second-order valence-corrected chi connectivity index (χ2v) is 7.68. The number of hydrogen-bond donors (Lipinski definition) is 2. The Hall–Kier alpha value is -0.790. The summed E-state index contributed by atoms with van der Waals surface area (Å²) in [6, 6.07) is 0. The minimum atomic E-state index is -1.68. The normalized spacial score (nSPS) is 10.3. The minimum absolute atomic E-state index is 0. The summed E-state index contributed by atoms with van der Waals surface area (Å²) < 4.78 is 4.88. The number of nitrogens with zero attached hydrogens (tertiary/aromatic N) is 1. The van der Waals surface area contributed by atoms with Crippen LogP contribution in [0.4, 0.5) is 9.59 Å². The Morgan fingerprint density at radius 3 is 1.33 bits per heavy atom. The number of carbonyl (C=O) groups excluding carboxylic acids is 1. The SMILES string of the molecule is CCCCCCCCCCCCCCCCCCOC(=O)CN(C(=O)O)C(=O)O.[H-].[Na+]. The smallest absolute Gasteiger partial charge is 1.00 e. The Kier molecular flexibility index (Phi) is 24.0. The Labute approximate surface area is 205 Å². The number of amides is 2. The summed E-state index contributed by atoms with van der Waals surface area (Å²) in [7, 11) is 0. The van der Waals surface area contributed by atoms with Crippen LogP contribution in [0.15, 0.2) is 0 Å². The van der Waals surface area contributed by atoms with Gasteiger partial charge in [0, 0.05) is 0 Å². The van der Waals surface area contributed by atoms with Gasteiger partial charge in [0.25, 0.3) is 0 Å². The van der Waals surface area contributed by atoms with E-state index in [0.29, 0.717) is 6.42 Å². The maximum absolute atomic E-state index is 11.4. The maximum atomic E-state index is 11.4. The molecule has 0 fully saturated rings. The first kappa shape index (κ1) is 31.4. The Morgan fingerprint density at radius 2 is 1.00 bits per heavy atom. The summed E-state index contributed by atoms with van der Waals surface area (Å²) in [5, 5.41) is 17.3. The molecule has 0 unspecified atom stereocenters. The van der Waals surface area contributed by atoms with E-state index in [2.05, 4.69) is 6.92 Å². The molecule has 0 heterocycles. The van der Waals surface area contributed by atoms with E-state index in [1.165, 1.54) is 83.5 Å². The van der Waals surface area contributed by atoms with E-state index in [9.17, 15) is 14.4 Å². The molecule has 0 bridgehead atoms. The van der Waals surface area contributed by atoms with Crippen molar-refractivity contribution in [3.63, 3.8) is 0 Å². The molecule has 172 valence electrons. The molecule has 0 aliphatic heterocycles. The van der Waals surface area contributed by atoms with Gasteiger partial charge >= 0.3 is 47.7 Å². The van der Waals surface area contributed by atoms with Gasteiger partial charge in [0.15, 0.2) is 0 Å². The zero-order valence-electron chi connectivity index (χ0n) is 20.2. The predicted molar refractivity (Wildman–Crippen MR) is 114 cm³/mol. The number of unbranched alkanes of at least 4 members (excludes halogenated alkanes) is 15. The monoisotopic (exact) mass is 439 g/mol. The second kappa shape index (κ2) is 22.9. The quantitative estimate of drug-likeness (QED) is 0.181. The van der Waals surface area contributed by atoms with Gasteiger partial charge in [-0.05, 0) is 6.42 Å². The zero-order chi connectivity index (χ0) is 21.7. The predicted octanol–water partition coefficient (Wildman–Crippen LogP) is 3.57. The molecule has 0 spiro atoms. The molecule has 0 aliphatic rings. The Bertz CT molecular complexity index is 440. The molecule has 0 rings (SSSR count). The molecule has 30 heavy (non-hydrogen) atoms. The molecule has 0 aromatic rings. The molecule has 0 aromatic carbocycles. The van der Waals surface area contributed by atoms with Crippen LogP contribution in [0, 0.1) is 0 Å². The summed E-state index contributed by atoms with van der Waals surface area (Å²) in [5.41, 5.74) is 0. The van der Waals surface area contributed by atoms with Crippen molar-refractivity contribution in [2.45, 2.75) is 110 Å². The number of imide groups is 1. The third kappa shape index (κ3) is 20.5. The first-order valence-electron chi connectivity index (χ1n) is 11.4. The topological polar surface area (TPSA) is 104 Å². The van der Waals surface area contributed by atoms with Crippen molar-refractivity contribution in [3.8, 4) is 0 Å². The van der Waals surface area contributed by atoms with Gasteiger partial charge in [-0.3, -0.25) is 4.79 Å². The van der Waals surface area contributed by atoms with Crippen molar-refractivity contribution in [3.05, 3.63) is 0 Å². The summed E-state index contributed by atoms with van der Waals surface area (Å²) >= 11 is 0. The van der Waals surface area contributed by atoms with Gasteiger partial charge in [0.05, 0.1) is 6.61 Å². The first-order valence-corrected chi connectivity index (χ1v) is 11.4. The van der Waals surface area contributed by atoms with E-state index in [1.54, 1.807) is 0 Å². The molecule has 7 nitrogen and oxygen atoms in total. The summed E-state index contributed by atoms with van der Waals surface area (Å²) in [5.74, 6) is -0.837. The van der Waals surface area contributed by atoms with Gasteiger partial charge in [0.1, 0.15) is 6.54 Å². The van der Waals surface area contributed by atoms with Crippen LogP contribution in [-0.4, -0.2) is 46.4 Å². The largest absolute Gasteiger partial charge is 1.00 e. The van der Waals surface area contributed by atoms with E-state index in [1.807, 2.05) is 0 Å². The van der Waals surface area contributed by atoms with E-state index >= 15 is 0 Å². The average Bonchev–Trinajstić information content (AvgIpc) is 2.68. The van der Waals surface area contributed by atoms with Crippen molar-refractivity contribution in [2.24, 2.45) is 0 Å². The van der Waals surface area contributed by atoms with Crippen LogP contribution in [0.1, 0.15) is 111 Å². The van der Waals surface area contributed by atoms with Crippen molar-refractivity contribution >= 4 is 18.2 Å². The van der Waals surface area contributed by atoms with Crippen LogP contribution in [0.25, 0.3) is 0 Å². The van der Waals surface area contributed by atoms with Crippen LogP contribution in [-0.2, 0) is 9.53 Å². The molecule has 2 amide bonds. The standard InChI is InChI=1S/C22H41NO6.Na.H/c1-2-3-4-5-6-7-8-9-10-11-12-13-14-15-16-17-18-29-20(24)19-23(21(25)26)22(27)28;;/h2-19H2,1H3,(H,25,26)(H,27,28);;/q;+1;-1. The van der Waals surface area contributed by atoms with Crippen molar-refractivity contribution in [1.29, 1.82) is 0 Å². The Morgan fingerprint density at radius 1 is 0.667 bits per heavy atom. The number of ether oxygens (including phenoxy) is 1. The minimum Gasteiger partial charge on any atom is -1.00 e. The number of hydrogen-bond acceptors (Lipinski definition) is 4. The van der Waals surface area contributed by atoms with Crippen LogP contribution in [0.3, 0.4) is 0 Å². The molecular formula is C22H42NNaO6. The molecule has 0 saturated carbocycles. The molecule has 0 saturated heterocycles. The fraction of sp³-hybridized carbons (Fsp3) is 0.864. The fourth-order valence-corrected chi connectivity index (χ4v) is 3.23. The van der Waals surface area contributed by atoms with E-state index < -0.39 is 24.7 Å². The maximum Gasteiger partial charge on any atom is 1.00 e. The van der Waals surface area contributed by atoms with Gasteiger partial charge in [-0.1, -0.05) is 103 Å². The third-order valence-corrected chi connectivity index (χ3v) is 5.01. The van der Waals surface area contributed by atoms with Gasteiger partial charge in [-0.2, -0.15) is 0 Å². The van der Waals surface area contributed by atoms with Gasteiger partial charge < -0.3 is 16.4 Å². The van der Waals surface area contributed by atoms with Crippen LogP contribution in [0.5, 0.6) is 0 Å². The number of esters is 1. The van der Waals surface area contributed by atoms with Crippen LogP contribution in [0.2, 0.25) is 0 Å². The zero-order valence-corrected chi connectivity index (χ0v) is 21.2. The number of rotatable bonds is 19. The van der Waals surface area contributed by atoms with Crippen molar-refractivity contribution in [2.75, 3.05) is 13.2 Å². The summed E-state index contributed by atoms with van der Waals surface area (Å²) in [4.78, 5) is 32.7.